The van der Waals surface area contributed by atoms with Gasteiger partial charge in [-0.2, -0.15) is 0 Å². The highest BCUT2D eigenvalue weighted by Gasteiger charge is 2.16. The zero-order chi connectivity index (χ0) is 13.7. The molecule has 0 bridgehead atoms. The van der Waals surface area contributed by atoms with Gasteiger partial charge in [0.05, 0.1) is 6.10 Å². The third-order valence-corrected chi connectivity index (χ3v) is 4.42. The summed E-state index contributed by atoms with van der Waals surface area (Å²) in [7, 11) is 0. The minimum atomic E-state index is -0.165. The van der Waals surface area contributed by atoms with Crippen molar-refractivity contribution < 1.29 is 9.13 Å². The van der Waals surface area contributed by atoms with E-state index in [1.54, 1.807) is 17.8 Å². The summed E-state index contributed by atoms with van der Waals surface area (Å²) in [5.41, 5.74) is 1.04. The summed E-state index contributed by atoms with van der Waals surface area (Å²) in [5, 5.41) is 3.35. The predicted molar refractivity (Wildman–Crippen MR) is 78.1 cm³/mol. The Morgan fingerprint density at radius 1 is 1.47 bits per heavy atom. The van der Waals surface area contributed by atoms with E-state index in [1.165, 1.54) is 6.07 Å². The number of hydrogen-bond acceptors (Lipinski definition) is 3. The number of benzene rings is 1. The summed E-state index contributed by atoms with van der Waals surface area (Å²) < 4.78 is 19.0. The van der Waals surface area contributed by atoms with Gasteiger partial charge in [-0.25, -0.2) is 4.39 Å². The topological polar surface area (TPSA) is 21.3 Å². The van der Waals surface area contributed by atoms with Crippen LogP contribution in [0.4, 0.5) is 4.39 Å². The first-order chi connectivity index (χ1) is 9.15. The summed E-state index contributed by atoms with van der Waals surface area (Å²) in [5.74, 6) is 0.794. The summed E-state index contributed by atoms with van der Waals surface area (Å²) in [4.78, 5) is 1.16. The van der Waals surface area contributed by atoms with Gasteiger partial charge in [0, 0.05) is 29.8 Å². The second kappa shape index (κ2) is 7.27. The van der Waals surface area contributed by atoms with Gasteiger partial charge < -0.3 is 10.1 Å². The van der Waals surface area contributed by atoms with Crippen molar-refractivity contribution in [3.8, 4) is 0 Å². The molecule has 19 heavy (non-hydrogen) atoms. The van der Waals surface area contributed by atoms with Crippen molar-refractivity contribution in [1.82, 2.24) is 5.32 Å². The molecule has 1 fully saturated rings. The summed E-state index contributed by atoms with van der Waals surface area (Å²) in [6.45, 7) is 5.79. The van der Waals surface area contributed by atoms with Crippen LogP contribution in [0.5, 0.6) is 0 Å². The fourth-order valence-corrected chi connectivity index (χ4v) is 3.21. The molecule has 0 radical (unpaired) electrons. The van der Waals surface area contributed by atoms with E-state index < -0.39 is 0 Å². The molecule has 0 saturated carbocycles. The van der Waals surface area contributed by atoms with Crippen molar-refractivity contribution in [2.45, 2.75) is 50.3 Å². The summed E-state index contributed by atoms with van der Waals surface area (Å²) in [6, 6.07) is 5.45. The third kappa shape index (κ3) is 4.79. The maximum Gasteiger partial charge on any atom is 0.123 e. The highest BCUT2D eigenvalue weighted by molar-refractivity contribution is 7.99. The van der Waals surface area contributed by atoms with Crippen molar-refractivity contribution in [2.75, 3.05) is 12.4 Å². The van der Waals surface area contributed by atoms with Crippen LogP contribution in [0.25, 0.3) is 0 Å². The van der Waals surface area contributed by atoms with Gasteiger partial charge in [-0.3, -0.25) is 0 Å². The van der Waals surface area contributed by atoms with Gasteiger partial charge in [-0.1, -0.05) is 13.8 Å². The minimum absolute atomic E-state index is 0.165. The molecule has 1 aliphatic heterocycles. The fraction of sp³-hybridized carbons (Fsp3) is 0.600. The molecule has 0 aliphatic carbocycles. The molecular formula is C15H22FNOS. The average molecular weight is 283 g/mol. The highest BCUT2D eigenvalue weighted by atomic mass is 32.2. The molecule has 1 aliphatic rings. The van der Waals surface area contributed by atoms with E-state index in [-0.39, 0.29) is 5.82 Å². The van der Waals surface area contributed by atoms with Crippen LogP contribution in [-0.2, 0) is 11.3 Å². The number of ether oxygens (including phenoxy) is 1. The van der Waals surface area contributed by atoms with Crippen molar-refractivity contribution in [3.63, 3.8) is 0 Å². The molecule has 1 heterocycles. The molecule has 0 amide bonds. The smallest absolute Gasteiger partial charge is 0.123 e. The number of hydrogen-bond donors (Lipinski definition) is 1. The summed E-state index contributed by atoms with van der Waals surface area (Å²) >= 11 is 1.77. The van der Waals surface area contributed by atoms with Crippen LogP contribution in [0, 0.1) is 5.82 Å². The predicted octanol–water partition coefficient (Wildman–Crippen LogP) is 3.59. The Kier molecular flexibility index (Phi) is 5.67. The normalized spacial score (nSPS) is 19.3. The van der Waals surface area contributed by atoms with Gasteiger partial charge in [-0.15, -0.1) is 11.8 Å². The largest absolute Gasteiger partial charge is 0.377 e. The Hall–Kier alpha value is -0.580. The van der Waals surface area contributed by atoms with Crippen LogP contribution in [0.2, 0.25) is 0 Å². The number of halogens is 1. The van der Waals surface area contributed by atoms with E-state index >= 15 is 0 Å². The minimum Gasteiger partial charge on any atom is -0.377 e. The quantitative estimate of drug-likeness (QED) is 0.806. The molecule has 2 rings (SSSR count). The highest BCUT2D eigenvalue weighted by Crippen LogP contribution is 2.27. The lowest BCUT2D eigenvalue weighted by Gasteiger charge is -2.14. The molecule has 0 spiro atoms. The van der Waals surface area contributed by atoms with Gasteiger partial charge in [0.15, 0.2) is 0 Å². The Balaban J connectivity index is 1.96. The maximum atomic E-state index is 13.4. The second-order valence-electron chi connectivity index (χ2n) is 5.23. The Bertz CT molecular complexity index is 405. The molecule has 1 unspecified atom stereocenters. The Labute approximate surface area is 119 Å². The third-order valence-electron chi connectivity index (χ3n) is 3.17. The molecule has 1 aromatic rings. The van der Waals surface area contributed by atoms with Gasteiger partial charge in [-0.05, 0) is 36.6 Å². The van der Waals surface area contributed by atoms with Crippen molar-refractivity contribution in [1.29, 1.82) is 0 Å². The number of rotatable bonds is 6. The van der Waals surface area contributed by atoms with Gasteiger partial charge >= 0.3 is 0 Å². The molecule has 0 aromatic heterocycles. The van der Waals surface area contributed by atoms with E-state index in [4.69, 9.17) is 4.74 Å². The zero-order valence-electron chi connectivity index (χ0n) is 11.6. The van der Waals surface area contributed by atoms with Gasteiger partial charge in [0.2, 0.25) is 0 Å². The second-order valence-corrected chi connectivity index (χ2v) is 6.30. The van der Waals surface area contributed by atoms with E-state index in [0.717, 1.165) is 35.7 Å². The summed E-state index contributed by atoms with van der Waals surface area (Å²) in [6.07, 6.45) is 2.67. The molecule has 106 valence electrons. The number of nitrogens with one attached hydrogen (secondary N) is 1. The van der Waals surface area contributed by atoms with E-state index in [9.17, 15) is 4.39 Å². The van der Waals surface area contributed by atoms with Crippen molar-refractivity contribution in [2.24, 2.45) is 0 Å². The molecule has 1 N–H and O–H groups in total. The Morgan fingerprint density at radius 2 is 2.32 bits per heavy atom. The first-order valence-electron chi connectivity index (χ1n) is 6.91. The first kappa shape index (κ1) is 14.8. The Morgan fingerprint density at radius 3 is 3.00 bits per heavy atom. The first-order valence-corrected chi connectivity index (χ1v) is 7.90. The lowest BCUT2D eigenvalue weighted by molar-refractivity contribution is 0.129. The molecule has 4 heteroatoms. The van der Waals surface area contributed by atoms with Crippen LogP contribution in [0.3, 0.4) is 0 Å². The standard InChI is InChI=1S/C15H22FNOS/c1-11(2)17-9-12-8-13(16)5-6-15(12)19-10-14-4-3-7-18-14/h5-6,8,11,14,17H,3-4,7,9-10H2,1-2H3. The number of thioether (sulfide) groups is 1. The molecule has 1 atom stereocenters. The lowest BCUT2D eigenvalue weighted by atomic mass is 10.2. The zero-order valence-corrected chi connectivity index (χ0v) is 12.4. The van der Waals surface area contributed by atoms with Gasteiger partial charge in [0.25, 0.3) is 0 Å². The molecule has 2 nitrogen and oxygen atoms in total. The van der Waals surface area contributed by atoms with Crippen LogP contribution in [0.1, 0.15) is 32.3 Å². The van der Waals surface area contributed by atoms with Crippen molar-refractivity contribution in [3.05, 3.63) is 29.6 Å². The van der Waals surface area contributed by atoms with E-state index in [1.807, 2.05) is 6.07 Å². The maximum absolute atomic E-state index is 13.4. The van der Waals surface area contributed by atoms with Crippen LogP contribution in [0.15, 0.2) is 23.1 Å². The van der Waals surface area contributed by atoms with Crippen LogP contribution < -0.4 is 5.32 Å². The monoisotopic (exact) mass is 283 g/mol. The van der Waals surface area contributed by atoms with E-state index in [2.05, 4.69) is 19.2 Å². The SMILES string of the molecule is CC(C)NCc1cc(F)ccc1SCC1CCCO1. The fourth-order valence-electron chi connectivity index (χ4n) is 2.10. The average Bonchev–Trinajstić information content (AvgIpc) is 2.88. The molecule has 1 aromatic carbocycles. The molecular weight excluding hydrogens is 261 g/mol. The van der Waals surface area contributed by atoms with E-state index in [0.29, 0.717) is 18.7 Å². The lowest BCUT2D eigenvalue weighted by Crippen LogP contribution is -2.22. The van der Waals surface area contributed by atoms with Crippen LogP contribution >= 0.6 is 11.8 Å². The van der Waals surface area contributed by atoms with Crippen LogP contribution in [-0.4, -0.2) is 24.5 Å². The van der Waals surface area contributed by atoms with Gasteiger partial charge in [0.1, 0.15) is 5.82 Å². The molecule has 1 saturated heterocycles. The van der Waals surface area contributed by atoms with Crippen molar-refractivity contribution >= 4 is 11.8 Å².